The van der Waals surface area contributed by atoms with Crippen molar-refractivity contribution in [3.8, 4) is 0 Å². The lowest BCUT2D eigenvalue weighted by Gasteiger charge is -2.24. The summed E-state index contributed by atoms with van der Waals surface area (Å²) in [7, 11) is -9.29. The number of hydrogen-bond acceptors (Lipinski definition) is 9. The molecule has 3 fully saturated rings. The van der Waals surface area contributed by atoms with Crippen molar-refractivity contribution in [3.05, 3.63) is 23.1 Å². The molecular formula is C20H29ClN4O9P2. The number of aliphatic hydroxyl groups is 2. The highest BCUT2D eigenvalue weighted by Gasteiger charge is 2.45. The number of aliphatic hydroxyl groups excluding tert-OH is 2. The molecule has 0 amide bonds. The van der Waals surface area contributed by atoms with Gasteiger partial charge in [-0.25, -0.2) is 9.50 Å². The van der Waals surface area contributed by atoms with Gasteiger partial charge in [-0.3, -0.25) is 9.13 Å². The van der Waals surface area contributed by atoms with E-state index in [1.165, 1.54) is 30.0 Å². The van der Waals surface area contributed by atoms with Crippen LogP contribution in [0.15, 0.2) is 12.3 Å². The Kier molecular flexibility index (Phi) is 7.28. The molecule has 2 saturated carbocycles. The zero-order chi connectivity index (χ0) is 25.8. The second-order valence-corrected chi connectivity index (χ2v) is 14.2. The second-order valence-electron chi connectivity index (χ2n) is 9.87. The van der Waals surface area contributed by atoms with E-state index in [2.05, 4.69) is 15.4 Å². The summed E-state index contributed by atoms with van der Waals surface area (Å²) in [6, 6.07) is 2.05. The van der Waals surface area contributed by atoms with Gasteiger partial charge in [-0.2, -0.15) is 5.10 Å². The van der Waals surface area contributed by atoms with E-state index < -0.39 is 52.1 Å². The molecule has 3 aliphatic rings. The van der Waals surface area contributed by atoms with E-state index in [1.54, 1.807) is 6.07 Å². The van der Waals surface area contributed by atoms with Crippen LogP contribution in [0.3, 0.4) is 0 Å². The zero-order valence-corrected chi connectivity index (χ0v) is 21.7. The van der Waals surface area contributed by atoms with Crippen LogP contribution in [-0.2, 0) is 18.4 Å². The quantitative estimate of drug-likeness (QED) is 0.241. The fraction of sp³-hybridized carbons (Fsp3) is 0.700. The lowest BCUT2D eigenvalue weighted by molar-refractivity contribution is -0.00593. The SMILES string of the molecule is O=P(O)(O)CP(=O)(O)OCC[C@H]1O[C@@H](c2cnc3c(NC4CC5CCC4C5)cc(Cl)nn23)[C@H](O)[C@@H]1O. The number of nitrogens with zero attached hydrogens (tertiary/aromatic N) is 3. The van der Waals surface area contributed by atoms with E-state index in [0.29, 0.717) is 23.3 Å². The molecule has 36 heavy (non-hydrogen) atoms. The van der Waals surface area contributed by atoms with Crippen LogP contribution >= 0.6 is 26.8 Å². The Morgan fingerprint density at radius 3 is 2.64 bits per heavy atom. The lowest BCUT2D eigenvalue weighted by atomic mass is 9.95. The number of ether oxygens (including phenoxy) is 1. The maximum atomic E-state index is 11.8. The summed E-state index contributed by atoms with van der Waals surface area (Å²) in [6.45, 7) is -0.427. The van der Waals surface area contributed by atoms with Crippen molar-refractivity contribution in [1.29, 1.82) is 0 Å². The van der Waals surface area contributed by atoms with Gasteiger partial charge >= 0.3 is 15.2 Å². The minimum Gasteiger partial charge on any atom is -0.388 e. The van der Waals surface area contributed by atoms with E-state index in [4.69, 9.17) is 30.6 Å². The molecule has 2 aromatic heterocycles. The fourth-order valence-corrected chi connectivity index (χ4v) is 8.46. The van der Waals surface area contributed by atoms with Crippen molar-refractivity contribution in [3.63, 3.8) is 0 Å². The number of hydrogen-bond donors (Lipinski definition) is 6. The third-order valence-electron chi connectivity index (χ3n) is 7.26. The van der Waals surface area contributed by atoms with Crippen molar-refractivity contribution in [2.24, 2.45) is 11.8 Å². The first-order valence-corrected chi connectivity index (χ1v) is 15.7. The number of fused-ring (bicyclic) bond motifs is 3. The molecule has 16 heteroatoms. The average molecular weight is 567 g/mol. The Morgan fingerprint density at radius 2 is 1.97 bits per heavy atom. The van der Waals surface area contributed by atoms with Gasteiger partial charge in [-0.05, 0) is 31.1 Å². The van der Waals surface area contributed by atoms with Crippen LogP contribution in [0.2, 0.25) is 5.15 Å². The van der Waals surface area contributed by atoms with Crippen LogP contribution < -0.4 is 5.32 Å². The van der Waals surface area contributed by atoms with E-state index >= 15 is 0 Å². The van der Waals surface area contributed by atoms with Crippen LogP contribution in [0.1, 0.15) is 43.9 Å². The molecule has 6 N–H and O–H groups in total. The summed E-state index contributed by atoms with van der Waals surface area (Å²) < 4.78 is 34.9. The van der Waals surface area contributed by atoms with Crippen LogP contribution in [0.5, 0.6) is 0 Å². The molecule has 2 aliphatic carbocycles. The molecule has 5 rings (SSSR count). The first-order valence-electron chi connectivity index (χ1n) is 11.7. The van der Waals surface area contributed by atoms with Gasteiger partial charge in [-0.1, -0.05) is 18.0 Å². The lowest BCUT2D eigenvalue weighted by Crippen LogP contribution is -2.31. The van der Waals surface area contributed by atoms with Crippen molar-refractivity contribution in [2.75, 3.05) is 17.8 Å². The topological polar surface area (TPSA) is 196 Å². The molecule has 3 heterocycles. The maximum absolute atomic E-state index is 11.8. The van der Waals surface area contributed by atoms with E-state index in [1.807, 2.05) is 0 Å². The smallest absolute Gasteiger partial charge is 0.340 e. The number of imidazole rings is 1. The van der Waals surface area contributed by atoms with Gasteiger partial charge in [0.25, 0.3) is 0 Å². The standard InChI is InChI=1S/C20H29ClN4O9P2/c21-16-7-13(23-12-6-10-1-2-11(12)5-10)20-22-8-14(25(20)24-16)19-18(27)17(26)15(34-19)3-4-33-36(31,32)9-35(28,29)30/h7-8,10-12,15,17-19,23,26-27H,1-6,9H2,(H,31,32)(H2,28,29,30)/t10?,11?,12?,15-,17-,18-,19+/m1/s1. The molecular weight excluding hydrogens is 538 g/mol. The van der Waals surface area contributed by atoms with E-state index in [-0.39, 0.29) is 11.6 Å². The van der Waals surface area contributed by atoms with Gasteiger partial charge in [0, 0.05) is 18.5 Å². The molecule has 0 radical (unpaired) electrons. The largest absolute Gasteiger partial charge is 0.388 e. The molecule has 1 aliphatic heterocycles. The van der Waals surface area contributed by atoms with Crippen LogP contribution in [0.4, 0.5) is 5.69 Å². The number of nitrogens with one attached hydrogen (secondary N) is 1. The monoisotopic (exact) mass is 566 g/mol. The summed E-state index contributed by atoms with van der Waals surface area (Å²) in [5.74, 6) is 0.0502. The molecule has 13 nitrogen and oxygen atoms in total. The number of halogens is 1. The summed E-state index contributed by atoms with van der Waals surface area (Å²) in [4.78, 5) is 31.8. The normalized spacial score (nSPS) is 33.9. The summed E-state index contributed by atoms with van der Waals surface area (Å²) >= 11 is 6.30. The number of rotatable bonds is 9. The molecule has 0 spiro atoms. The van der Waals surface area contributed by atoms with Gasteiger partial charge in [0.05, 0.1) is 30.3 Å². The molecule has 200 valence electrons. The number of aromatic nitrogens is 3. The maximum Gasteiger partial charge on any atom is 0.340 e. The Labute approximate surface area is 211 Å². The Balaban J connectivity index is 1.29. The Morgan fingerprint density at radius 1 is 1.19 bits per heavy atom. The highest BCUT2D eigenvalue weighted by Crippen LogP contribution is 2.55. The number of anilines is 1. The predicted octanol–water partition coefficient (Wildman–Crippen LogP) is 1.87. The van der Waals surface area contributed by atoms with Gasteiger partial charge in [0.2, 0.25) is 0 Å². The van der Waals surface area contributed by atoms with Crippen LogP contribution in [0.25, 0.3) is 5.65 Å². The van der Waals surface area contributed by atoms with Gasteiger partial charge in [0.15, 0.2) is 16.7 Å². The second kappa shape index (κ2) is 9.89. The van der Waals surface area contributed by atoms with E-state index in [0.717, 1.165) is 18.0 Å². The summed E-state index contributed by atoms with van der Waals surface area (Å²) in [6.07, 6.45) is 1.48. The molecule has 8 atom stereocenters. The predicted molar refractivity (Wildman–Crippen MR) is 128 cm³/mol. The zero-order valence-electron chi connectivity index (χ0n) is 19.1. The third-order valence-corrected chi connectivity index (χ3v) is 10.9. The van der Waals surface area contributed by atoms with Crippen LogP contribution in [-0.4, -0.2) is 76.4 Å². The highest BCUT2D eigenvalue weighted by atomic mass is 35.5. The first kappa shape index (κ1) is 26.5. The van der Waals surface area contributed by atoms with Gasteiger partial charge in [0.1, 0.15) is 18.3 Å². The van der Waals surface area contributed by atoms with Crippen molar-refractivity contribution < 1.29 is 43.3 Å². The molecule has 1 saturated heterocycles. The van der Waals surface area contributed by atoms with Crippen molar-refractivity contribution >= 4 is 38.1 Å². The fourth-order valence-electron chi connectivity index (χ4n) is 5.69. The van der Waals surface area contributed by atoms with Crippen molar-refractivity contribution in [1.82, 2.24) is 14.6 Å². The molecule has 4 unspecified atom stereocenters. The third kappa shape index (κ3) is 5.51. The van der Waals surface area contributed by atoms with Gasteiger partial charge in [-0.15, -0.1) is 0 Å². The Bertz CT molecular complexity index is 1230. The minimum absolute atomic E-state index is 0.109. The summed E-state index contributed by atoms with van der Waals surface area (Å²) in [5.41, 5.74) is 1.60. The van der Waals surface area contributed by atoms with Gasteiger partial charge < -0.3 is 39.5 Å². The highest BCUT2D eigenvalue weighted by molar-refractivity contribution is 7.70. The van der Waals surface area contributed by atoms with E-state index in [9.17, 15) is 24.2 Å². The molecule has 2 aromatic rings. The minimum atomic E-state index is -4.75. The Hall–Kier alpha value is -1.11. The summed E-state index contributed by atoms with van der Waals surface area (Å²) in [5, 5.41) is 29.3. The average Bonchev–Trinajstić information content (AvgIpc) is 3.53. The molecule has 2 bridgehead atoms. The molecule has 0 aromatic carbocycles. The van der Waals surface area contributed by atoms with Crippen LogP contribution in [0, 0.1) is 11.8 Å². The van der Waals surface area contributed by atoms with Crippen molar-refractivity contribution in [2.45, 2.75) is 62.6 Å². The first-order chi connectivity index (χ1) is 16.9.